The maximum absolute atomic E-state index is 12.9. The monoisotopic (exact) mass is 443 g/mol. The number of piperazine rings is 1. The van der Waals surface area contributed by atoms with Crippen LogP contribution in [0.2, 0.25) is 0 Å². The molecule has 1 N–H and O–H groups in total. The van der Waals surface area contributed by atoms with E-state index in [4.69, 9.17) is 5.21 Å². The lowest BCUT2D eigenvalue weighted by atomic mass is 10.1. The Hall–Kier alpha value is -1.71. The highest BCUT2D eigenvalue weighted by Crippen LogP contribution is 2.32. The molecule has 0 bridgehead atoms. The van der Waals surface area contributed by atoms with Crippen molar-refractivity contribution in [2.24, 2.45) is 5.16 Å². The standard InChI is InChI=1S/C20H24F3N3OS2/c1-15(24-27)18-6-7-19(29-18)28-13-3-8-25-9-11-26(12-10-25)17-5-2-4-16(14-17)20(21,22)23/h2,4-7,14,27H,3,8-13H2,1H3. The second-order valence-corrected chi connectivity index (χ2v) is 9.36. The summed E-state index contributed by atoms with van der Waals surface area (Å²) in [6, 6.07) is 9.60. The summed E-state index contributed by atoms with van der Waals surface area (Å²) in [6.45, 7) is 5.95. The summed E-state index contributed by atoms with van der Waals surface area (Å²) in [6.07, 6.45) is -3.25. The predicted octanol–water partition coefficient (Wildman–Crippen LogP) is 5.27. The van der Waals surface area contributed by atoms with Gasteiger partial charge in [-0.05, 0) is 50.2 Å². The van der Waals surface area contributed by atoms with Gasteiger partial charge in [-0.1, -0.05) is 11.2 Å². The molecule has 0 unspecified atom stereocenters. The highest BCUT2D eigenvalue weighted by molar-refractivity contribution is 8.01. The highest BCUT2D eigenvalue weighted by Gasteiger charge is 2.31. The lowest BCUT2D eigenvalue weighted by Gasteiger charge is -2.36. The Bertz CT molecular complexity index is 830. The number of halogens is 3. The summed E-state index contributed by atoms with van der Waals surface area (Å²) in [5.74, 6) is 1.00. The van der Waals surface area contributed by atoms with Crippen molar-refractivity contribution >= 4 is 34.5 Å². The largest absolute Gasteiger partial charge is 0.416 e. The normalized spacial score (nSPS) is 16.4. The summed E-state index contributed by atoms with van der Waals surface area (Å²) in [7, 11) is 0. The smallest absolute Gasteiger partial charge is 0.411 e. The van der Waals surface area contributed by atoms with Gasteiger partial charge in [0, 0.05) is 37.6 Å². The fourth-order valence-electron chi connectivity index (χ4n) is 3.21. The quantitative estimate of drug-likeness (QED) is 0.208. The van der Waals surface area contributed by atoms with Crippen molar-refractivity contribution < 1.29 is 18.4 Å². The Labute approximate surface area is 177 Å². The van der Waals surface area contributed by atoms with Crippen LogP contribution in [0.4, 0.5) is 18.9 Å². The molecule has 0 radical (unpaired) electrons. The minimum atomic E-state index is -4.30. The Morgan fingerprint density at radius 1 is 1.17 bits per heavy atom. The third-order valence-electron chi connectivity index (χ3n) is 4.86. The summed E-state index contributed by atoms with van der Waals surface area (Å²) in [5, 5.41) is 12.1. The zero-order valence-electron chi connectivity index (χ0n) is 16.2. The first-order valence-corrected chi connectivity index (χ1v) is 11.2. The Kier molecular flexibility index (Phi) is 7.48. The molecular formula is C20H24F3N3OS2. The maximum Gasteiger partial charge on any atom is 0.416 e. The van der Waals surface area contributed by atoms with Crippen molar-refractivity contribution in [2.45, 2.75) is 23.7 Å². The number of benzene rings is 1. The number of thiophene rings is 1. The van der Waals surface area contributed by atoms with Gasteiger partial charge >= 0.3 is 6.18 Å². The summed E-state index contributed by atoms with van der Waals surface area (Å²) < 4.78 is 39.9. The van der Waals surface area contributed by atoms with Crippen molar-refractivity contribution in [3.63, 3.8) is 0 Å². The molecule has 2 heterocycles. The molecule has 1 aromatic carbocycles. The van der Waals surface area contributed by atoms with Gasteiger partial charge in [0.15, 0.2) is 0 Å². The van der Waals surface area contributed by atoms with E-state index in [9.17, 15) is 13.2 Å². The topological polar surface area (TPSA) is 39.1 Å². The first-order chi connectivity index (χ1) is 13.9. The number of hydrogen-bond acceptors (Lipinski definition) is 6. The molecule has 1 saturated heterocycles. The molecule has 1 aromatic heterocycles. The molecule has 1 fully saturated rings. The van der Waals surface area contributed by atoms with Crippen molar-refractivity contribution in [3.05, 3.63) is 46.8 Å². The molecule has 0 aliphatic carbocycles. The second kappa shape index (κ2) is 9.86. The van der Waals surface area contributed by atoms with E-state index in [-0.39, 0.29) is 0 Å². The van der Waals surface area contributed by atoms with E-state index in [1.165, 1.54) is 16.3 Å². The van der Waals surface area contributed by atoms with Crippen LogP contribution in [0.1, 0.15) is 23.8 Å². The van der Waals surface area contributed by atoms with Crippen molar-refractivity contribution in [2.75, 3.05) is 43.4 Å². The van der Waals surface area contributed by atoms with E-state index < -0.39 is 11.7 Å². The predicted molar refractivity (Wildman–Crippen MR) is 114 cm³/mol. The van der Waals surface area contributed by atoms with Gasteiger partial charge in [-0.15, -0.1) is 23.1 Å². The van der Waals surface area contributed by atoms with Crippen LogP contribution in [0.25, 0.3) is 0 Å². The SMILES string of the molecule is CC(=NO)c1ccc(SCCCN2CCN(c3cccc(C(F)(F)F)c3)CC2)s1. The van der Waals surface area contributed by atoms with Crippen molar-refractivity contribution in [1.82, 2.24) is 4.90 Å². The zero-order valence-corrected chi connectivity index (χ0v) is 17.8. The van der Waals surface area contributed by atoms with E-state index in [2.05, 4.69) is 10.1 Å². The molecule has 29 heavy (non-hydrogen) atoms. The van der Waals surface area contributed by atoms with E-state index in [0.717, 1.165) is 55.8 Å². The van der Waals surface area contributed by atoms with Gasteiger partial charge in [-0.2, -0.15) is 13.2 Å². The van der Waals surface area contributed by atoms with Gasteiger partial charge < -0.3 is 10.1 Å². The van der Waals surface area contributed by atoms with Gasteiger partial charge in [-0.25, -0.2) is 0 Å². The molecule has 0 amide bonds. The number of rotatable bonds is 7. The van der Waals surface area contributed by atoms with Crippen LogP contribution >= 0.6 is 23.1 Å². The highest BCUT2D eigenvalue weighted by atomic mass is 32.2. The van der Waals surface area contributed by atoms with Gasteiger partial charge in [0.05, 0.1) is 20.4 Å². The number of oxime groups is 1. The van der Waals surface area contributed by atoms with Crippen LogP contribution in [0, 0.1) is 0 Å². The van der Waals surface area contributed by atoms with Crippen LogP contribution in [0.5, 0.6) is 0 Å². The molecule has 2 aromatic rings. The third kappa shape index (κ3) is 6.13. The Balaban J connectivity index is 1.40. The zero-order chi connectivity index (χ0) is 20.9. The lowest BCUT2D eigenvalue weighted by Crippen LogP contribution is -2.46. The molecule has 1 aliphatic heterocycles. The van der Waals surface area contributed by atoms with E-state index >= 15 is 0 Å². The number of nitrogens with zero attached hydrogens (tertiary/aromatic N) is 3. The molecular weight excluding hydrogens is 419 g/mol. The molecule has 3 rings (SSSR count). The first-order valence-electron chi connectivity index (χ1n) is 9.43. The average Bonchev–Trinajstić information content (AvgIpc) is 3.19. The fraction of sp³-hybridized carbons (Fsp3) is 0.450. The number of anilines is 1. The second-order valence-electron chi connectivity index (χ2n) is 6.88. The van der Waals surface area contributed by atoms with Gasteiger partial charge in [-0.3, -0.25) is 4.90 Å². The average molecular weight is 444 g/mol. The molecule has 158 valence electrons. The molecule has 4 nitrogen and oxygen atoms in total. The van der Waals surface area contributed by atoms with Crippen LogP contribution in [0.3, 0.4) is 0 Å². The van der Waals surface area contributed by atoms with E-state index in [1.54, 1.807) is 36.1 Å². The first kappa shape index (κ1) is 22.0. The molecule has 0 atom stereocenters. The Morgan fingerprint density at radius 3 is 2.62 bits per heavy atom. The number of thioether (sulfide) groups is 1. The van der Waals surface area contributed by atoms with Crippen molar-refractivity contribution in [3.8, 4) is 0 Å². The third-order valence-corrected chi connectivity index (χ3v) is 7.37. The van der Waals surface area contributed by atoms with Gasteiger partial charge in [0.25, 0.3) is 0 Å². The van der Waals surface area contributed by atoms with E-state index in [0.29, 0.717) is 11.4 Å². The van der Waals surface area contributed by atoms with Crippen LogP contribution in [0.15, 0.2) is 45.8 Å². The molecule has 1 aliphatic rings. The summed E-state index contributed by atoms with van der Waals surface area (Å²) in [4.78, 5) is 5.37. The van der Waals surface area contributed by atoms with Crippen LogP contribution in [-0.4, -0.2) is 54.3 Å². The summed E-state index contributed by atoms with van der Waals surface area (Å²) in [5.41, 5.74) is 0.678. The number of alkyl halides is 3. The molecule has 0 saturated carbocycles. The van der Waals surface area contributed by atoms with Crippen LogP contribution < -0.4 is 4.90 Å². The maximum atomic E-state index is 12.9. The fourth-order valence-corrected chi connectivity index (χ4v) is 5.28. The Morgan fingerprint density at radius 2 is 1.93 bits per heavy atom. The lowest BCUT2D eigenvalue weighted by molar-refractivity contribution is -0.137. The minimum absolute atomic E-state index is 0.591. The van der Waals surface area contributed by atoms with Gasteiger partial charge in [0.1, 0.15) is 0 Å². The van der Waals surface area contributed by atoms with E-state index in [1.807, 2.05) is 17.0 Å². The number of hydrogen-bond donors (Lipinski definition) is 1. The molecule has 9 heteroatoms. The van der Waals surface area contributed by atoms with Crippen LogP contribution in [-0.2, 0) is 6.18 Å². The van der Waals surface area contributed by atoms with Gasteiger partial charge in [0.2, 0.25) is 0 Å². The molecule has 0 spiro atoms. The van der Waals surface area contributed by atoms with Crippen molar-refractivity contribution in [1.29, 1.82) is 0 Å². The summed E-state index contributed by atoms with van der Waals surface area (Å²) >= 11 is 3.42. The minimum Gasteiger partial charge on any atom is -0.411 e.